The third kappa shape index (κ3) is 6.86. The SMILES string of the molecule is CN(C)CCN(CC(=O)O)CC(=O)N1CCCCCC1. The van der Waals surface area contributed by atoms with E-state index in [0.717, 1.165) is 32.5 Å². The molecule has 1 N–H and O–H groups in total. The molecule has 0 aromatic heterocycles. The topological polar surface area (TPSA) is 64.1 Å². The fraction of sp³-hybridized carbons (Fsp3) is 0.857. The van der Waals surface area contributed by atoms with Crippen LogP contribution in [-0.4, -0.2) is 85.0 Å². The van der Waals surface area contributed by atoms with Crippen LogP contribution in [0.1, 0.15) is 25.7 Å². The van der Waals surface area contributed by atoms with Crippen LogP contribution in [0.25, 0.3) is 0 Å². The Labute approximate surface area is 121 Å². The Balaban J connectivity index is 2.48. The van der Waals surface area contributed by atoms with Gasteiger partial charge in [-0.25, -0.2) is 0 Å². The molecule has 0 unspecified atom stereocenters. The quantitative estimate of drug-likeness (QED) is 0.730. The van der Waals surface area contributed by atoms with E-state index in [1.807, 2.05) is 23.9 Å². The van der Waals surface area contributed by atoms with Gasteiger partial charge in [0.2, 0.25) is 5.91 Å². The highest BCUT2D eigenvalue weighted by Crippen LogP contribution is 2.10. The Morgan fingerprint density at radius 3 is 2.10 bits per heavy atom. The molecular formula is C14H27N3O3. The van der Waals surface area contributed by atoms with Gasteiger partial charge in [-0.1, -0.05) is 12.8 Å². The maximum atomic E-state index is 12.3. The second kappa shape index (κ2) is 8.92. The molecular weight excluding hydrogens is 258 g/mol. The number of rotatable bonds is 7. The van der Waals surface area contributed by atoms with Crippen molar-refractivity contribution in [3.05, 3.63) is 0 Å². The first-order valence-corrected chi connectivity index (χ1v) is 7.35. The largest absolute Gasteiger partial charge is 0.480 e. The smallest absolute Gasteiger partial charge is 0.317 e. The highest BCUT2D eigenvalue weighted by atomic mass is 16.4. The predicted octanol–water partition coefficient (Wildman–Crippen LogP) is 0.337. The number of hydrogen-bond acceptors (Lipinski definition) is 4. The average Bonchev–Trinajstić information content (AvgIpc) is 2.64. The minimum atomic E-state index is -0.882. The normalized spacial score (nSPS) is 16.5. The Bertz CT molecular complexity index is 313. The van der Waals surface area contributed by atoms with E-state index in [1.165, 1.54) is 12.8 Å². The third-order valence-electron chi connectivity index (χ3n) is 3.54. The van der Waals surface area contributed by atoms with Gasteiger partial charge in [0.1, 0.15) is 0 Å². The van der Waals surface area contributed by atoms with Crippen LogP contribution in [0.2, 0.25) is 0 Å². The van der Waals surface area contributed by atoms with Gasteiger partial charge in [-0.15, -0.1) is 0 Å². The zero-order valence-electron chi connectivity index (χ0n) is 12.7. The first kappa shape index (κ1) is 16.9. The van der Waals surface area contributed by atoms with E-state index in [-0.39, 0.29) is 19.0 Å². The van der Waals surface area contributed by atoms with Crippen LogP contribution in [0.3, 0.4) is 0 Å². The molecule has 0 aromatic rings. The molecule has 0 aromatic carbocycles. The number of likely N-dealkylation sites (N-methyl/N-ethyl adjacent to an activating group) is 1. The number of carboxylic acid groups (broad SMARTS) is 1. The minimum absolute atomic E-state index is 0.0620. The van der Waals surface area contributed by atoms with Gasteiger partial charge in [0.05, 0.1) is 13.1 Å². The summed E-state index contributed by atoms with van der Waals surface area (Å²) in [6.07, 6.45) is 4.48. The summed E-state index contributed by atoms with van der Waals surface area (Å²) in [4.78, 5) is 28.7. The maximum Gasteiger partial charge on any atom is 0.317 e. The number of amides is 1. The van der Waals surface area contributed by atoms with Crippen molar-refractivity contribution in [2.75, 3.05) is 53.4 Å². The number of nitrogens with zero attached hydrogens (tertiary/aromatic N) is 3. The van der Waals surface area contributed by atoms with Gasteiger partial charge in [0.25, 0.3) is 0 Å². The maximum absolute atomic E-state index is 12.3. The van der Waals surface area contributed by atoms with Crippen molar-refractivity contribution in [2.24, 2.45) is 0 Å². The Kier molecular flexibility index (Phi) is 7.54. The second-order valence-corrected chi connectivity index (χ2v) is 5.70. The van der Waals surface area contributed by atoms with Gasteiger partial charge in [-0.2, -0.15) is 0 Å². The van der Waals surface area contributed by atoms with E-state index >= 15 is 0 Å². The third-order valence-corrected chi connectivity index (χ3v) is 3.54. The molecule has 0 aliphatic carbocycles. The van der Waals surface area contributed by atoms with E-state index < -0.39 is 5.97 Å². The lowest BCUT2D eigenvalue weighted by Gasteiger charge is -2.26. The van der Waals surface area contributed by atoms with E-state index in [1.54, 1.807) is 4.90 Å². The van der Waals surface area contributed by atoms with Gasteiger partial charge >= 0.3 is 5.97 Å². The van der Waals surface area contributed by atoms with Crippen LogP contribution < -0.4 is 0 Å². The van der Waals surface area contributed by atoms with Crippen molar-refractivity contribution in [2.45, 2.75) is 25.7 Å². The summed E-state index contributed by atoms with van der Waals surface area (Å²) in [6, 6.07) is 0. The van der Waals surface area contributed by atoms with Crippen molar-refractivity contribution in [1.82, 2.24) is 14.7 Å². The highest BCUT2D eigenvalue weighted by molar-refractivity contribution is 5.79. The van der Waals surface area contributed by atoms with E-state index in [2.05, 4.69) is 0 Å². The number of aliphatic carboxylic acids is 1. The van der Waals surface area contributed by atoms with Crippen molar-refractivity contribution in [3.63, 3.8) is 0 Å². The lowest BCUT2D eigenvalue weighted by molar-refractivity contribution is -0.139. The fourth-order valence-corrected chi connectivity index (χ4v) is 2.36. The molecule has 0 saturated carbocycles. The molecule has 1 amide bonds. The molecule has 1 fully saturated rings. The fourth-order valence-electron chi connectivity index (χ4n) is 2.36. The van der Waals surface area contributed by atoms with Gasteiger partial charge < -0.3 is 14.9 Å². The average molecular weight is 285 g/mol. The first-order chi connectivity index (χ1) is 9.49. The lowest BCUT2D eigenvalue weighted by Crippen LogP contribution is -2.44. The summed E-state index contributed by atoms with van der Waals surface area (Å²) in [6.45, 7) is 3.11. The Morgan fingerprint density at radius 1 is 1.00 bits per heavy atom. The zero-order chi connectivity index (χ0) is 15.0. The number of likely N-dealkylation sites (tertiary alicyclic amines) is 1. The zero-order valence-corrected chi connectivity index (χ0v) is 12.7. The highest BCUT2D eigenvalue weighted by Gasteiger charge is 2.20. The molecule has 1 heterocycles. The predicted molar refractivity (Wildman–Crippen MR) is 77.7 cm³/mol. The Hall–Kier alpha value is -1.14. The lowest BCUT2D eigenvalue weighted by atomic mass is 10.2. The van der Waals surface area contributed by atoms with E-state index in [4.69, 9.17) is 5.11 Å². The van der Waals surface area contributed by atoms with Gasteiger partial charge in [0, 0.05) is 26.2 Å². The molecule has 1 aliphatic heterocycles. The molecule has 6 heteroatoms. The number of carbonyl (C=O) groups is 2. The van der Waals surface area contributed by atoms with Crippen LogP contribution >= 0.6 is 0 Å². The van der Waals surface area contributed by atoms with Crippen molar-refractivity contribution < 1.29 is 14.7 Å². The van der Waals surface area contributed by atoms with Gasteiger partial charge in [0.15, 0.2) is 0 Å². The standard InChI is InChI=1S/C14H27N3O3/c1-15(2)9-10-16(12-14(19)20)11-13(18)17-7-5-3-4-6-8-17/h3-12H2,1-2H3,(H,19,20). The van der Waals surface area contributed by atoms with Gasteiger partial charge in [-0.05, 0) is 26.9 Å². The number of carbonyl (C=O) groups excluding carboxylic acids is 1. The summed E-state index contributed by atoms with van der Waals surface area (Å²) >= 11 is 0. The molecule has 1 rings (SSSR count). The van der Waals surface area contributed by atoms with Crippen LogP contribution in [0.5, 0.6) is 0 Å². The monoisotopic (exact) mass is 285 g/mol. The summed E-state index contributed by atoms with van der Waals surface area (Å²) in [5.74, 6) is -0.820. The van der Waals surface area contributed by atoms with E-state index in [9.17, 15) is 9.59 Å². The minimum Gasteiger partial charge on any atom is -0.480 e. The van der Waals surface area contributed by atoms with E-state index in [0.29, 0.717) is 6.54 Å². The first-order valence-electron chi connectivity index (χ1n) is 7.35. The molecule has 0 bridgehead atoms. The van der Waals surface area contributed by atoms with Crippen LogP contribution in [0.15, 0.2) is 0 Å². The van der Waals surface area contributed by atoms with Crippen molar-refractivity contribution >= 4 is 11.9 Å². The van der Waals surface area contributed by atoms with Crippen molar-refractivity contribution in [1.29, 1.82) is 0 Å². The van der Waals surface area contributed by atoms with Crippen LogP contribution in [0, 0.1) is 0 Å². The van der Waals surface area contributed by atoms with Crippen LogP contribution in [-0.2, 0) is 9.59 Å². The molecule has 0 atom stereocenters. The Morgan fingerprint density at radius 2 is 1.60 bits per heavy atom. The molecule has 0 radical (unpaired) electrons. The molecule has 6 nitrogen and oxygen atoms in total. The number of hydrogen-bond donors (Lipinski definition) is 1. The molecule has 1 saturated heterocycles. The summed E-state index contributed by atoms with van der Waals surface area (Å²) < 4.78 is 0. The summed E-state index contributed by atoms with van der Waals surface area (Å²) in [7, 11) is 3.88. The number of carboxylic acids is 1. The second-order valence-electron chi connectivity index (χ2n) is 5.70. The molecule has 20 heavy (non-hydrogen) atoms. The van der Waals surface area contributed by atoms with Gasteiger partial charge in [-0.3, -0.25) is 14.5 Å². The summed E-state index contributed by atoms with van der Waals surface area (Å²) in [5.41, 5.74) is 0. The molecule has 116 valence electrons. The van der Waals surface area contributed by atoms with Crippen LogP contribution in [0.4, 0.5) is 0 Å². The molecule has 0 spiro atoms. The molecule has 1 aliphatic rings. The summed E-state index contributed by atoms with van der Waals surface area (Å²) in [5, 5.41) is 8.94. The van der Waals surface area contributed by atoms with Crippen molar-refractivity contribution in [3.8, 4) is 0 Å².